The van der Waals surface area contributed by atoms with E-state index in [1.54, 1.807) is 36.5 Å². The SMILES string of the molecule is N#Cc1ccccc1Nc1nccc(C(=O)Nc2cccc3cccnc23)n1. The maximum Gasteiger partial charge on any atom is 0.274 e. The number of rotatable bonds is 4. The summed E-state index contributed by atoms with van der Waals surface area (Å²) in [7, 11) is 0. The van der Waals surface area contributed by atoms with Gasteiger partial charge in [0.1, 0.15) is 11.8 Å². The normalized spacial score (nSPS) is 10.2. The summed E-state index contributed by atoms with van der Waals surface area (Å²) in [4.78, 5) is 25.4. The summed E-state index contributed by atoms with van der Waals surface area (Å²) in [6.07, 6.45) is 3.16. The molecule has 2 heterocycles. The number of benzene rings is 2. The number of nitrogens with zero attached hydrogens (tertiary/aromatic N) is 4. The number of hydrogen-bond acceptors (Lipinski definition) is 6. The minimum absolute atomic E-state index is 0.194. The zero-order valence-corrected chi connectivity index (χ0v) is 14.6. The molecule has 134 valence electrons. The molecule has 1 amide bonds. The van der Waals surface area contributed by atoms with Gasteiger partial charge in [-0.2, -0.15) is 5.26 Å². The molecule has 2 N–H and O–H groups in total. The monoisotopic (exact) mass is 366 g/mol. The van der Waals surface area contributed by atoms with Crippen LogP contribution in [0.2, 0.25) is 0 Å². The first-order chi connectivity index (χ1) is 13.7. The van der Waals surface area contributed by atoms with E-state index in [9.17, 15) is 10.1 Å². The van der Waals surface area contributed by atoms with Crippen molar-refractivity contribution < 1.29 is 4.79 Å². The molecule has 0 aliphatic heterocycles. The summed E-state index contributed by atoms with van der Waals surface area (Å²) in [5.41, 5.74) is 2.53. The van der Waals surface area contributed by atoms with Crippen molar-refractivity contribution in [3.05, 3.63) is 84.3 Å². The van der Waals surface area contributed by atoms with Gasteiger partial charge in [0, 0.05) is 17.8 Å². The van der Waals surface area contributed by atoms with E-state index in [0.717, 1.165) is 5.39 Å². The molecule has 0 aliphatic rings. The molecule has 0 radical (unpaired) electrons. The highest BCUT2D eigenvalue weighted by molar-refractivity contribution is 6.07. The topological polar surface area (TPSA) is 104 Å². The zero-order valence-electron chi connectivity index (χ0n) is 14.6. The van der Waals surface area contributed by atoms with E-state index in [-0.39, 0.29) is 17.5 Å². The minimum atomic E-state index is -0.378. The third-order valence-electron chi connectivity index (χ3n) is 4.06. The van der Waals surface area contributed by atoms with Crippen LogP contribution in [0.25, 0.3) is 10.9 Å². The lowest BCUT2D eigenvalue weighted by molar-refractivity contribution is 0.102. The maximum atomic E-state index is 12.7. The Morgan fingerprint density at radius 2 is 1.71 bits per heavy atom. The lowest BCUT2D eigenvalue weighted by Gasteiger charge is -2.09. The molecule has 4 rings (SSSR count). The van der Waals surface area contributed by atoms with Crippen LogP contribution in [0.1, 0.15) is 16.1 Å². The van der Waals surface area contributed by atoms with E-state index in [2.05, 4.69) is 31.7 Å². The van der Waals surface area contributed by atoms with Gasteiger partial charge < -0.3 is 10.6 Å². The fourth-order valence-electron chi connectivity index (χ4n) is 2.75. The van der Waals surface area contributed by atoms with Crippen LogP contribution < -0.4 is 10.6 Å². The van der Waals surface area contributed by atoms with Gasteiger partial charge in [0.15, 0.2) is 0 Å². The van der Waals surface area contributed by atoms with E-state index < -0.39 is 0 Å². The quantitative estimate of drug-likeness (QED) is 0.568. The van der Waals surface area contributed by atoms with Gasteiger partial charge >= 0.3 is 0 Å². The Labute approximate surface area is 160 Å². The molecule has 0 saturated heterocycles. The molecule has 7 nitrogen and oxygen atoms in total. The van der Waals surface area contributed by atoms with E-state index in [4.69, 9.17) is 0 Å². The second-order valence-electron chi connectivity index (χ2n) is 5.88. The van der Waals surface area contributed by atoms with Gasteiger partial charge in [-0.25, -0.2) is 9.97 Å². The van der Waals surface area contributed by atoms with E-state index >= 15 is 0 Å². The van der Waals surface area contributed by atoms with Gasteiger partial charge in [-0.15, -0.1) is 0 Å². The smallest absolute Gasteiger partial charge is 0.274 e. The number of carbonyl (C=O) groups is 1. The number of nitrogens with one attached hydrogen (secondary N) is 2. The lowest BCUT2D eigenvalue weighted by Crippen LogP contribution is -2.15. The Morgan fingerprint density at radius 3 is 2.61 bits per heavy atom. The van der Waals surface area contributed by atoms with Gasteiger partial charge in [0.25, 0.3) is 5.91 Å². The van der Waals surface area contributed by atoms with Crippen LogP contribution in [-0.2, 0) is 0 Å². The third-order valence-corrected chi connectivity index (χ3v) is 4.06. The van der Waals surface area contributed by atoms with Gasteiger partial charge in [-0.05, 0) is 30.3 Å². The fraction of sp³-hybridized carbons (Fsp3) is 0. The average molecular weight is 366 g/mol. The summed E-state index contributed by atoms with van der Waals surface area (Å²) in [6, 6.07) is 20.0. The summed E-state index contributed by atoms with van der Waals surface area (Å²) in [6.45, 7) is 0. The standard InChI is InChI=1S/C21H14N6O/c22-13-15-5-1-2-8-16(15)26-21-24-12-10-18(27-21)20(28)25-17-9-3-6-14-7-4-11-23-19(14)17/h1-12H,(H,25,28)(H,24,26,27). The Balaban J connectivity index is 1.59. The first-order valence-corrected chi connectivity index (χ1v) is 8.49. The molecular formula is C21H14N6O. The number of hydrogen-bond donors (Lipinski definition) is 2. The number of nitriles is 1. The highest BCUT2D eigenvalue weighted by Crippen LogP contribution is 2.21. The second kappa shape index (κ2) is 7.51. The molecule has 0 spiro atoms. The summed E-state index contributed by atoms with van der Waals surface area (Å²) in [5, 5.41) is 15.9. The molecule has 7 heteroatoms. The molecule has 28 heavy (non-hydrogen) atoms. The van der Waals surface area contributed by atoms with E-state index in [0.29, 0.717) is 22.5 Å². The molecule has 4 aromatic rings. The van der Waals surface area contributed by atoms with Crippen LogP contribution in [0.3, 0.4) is 0 Å². The first-order valence-electron chi connectivity index (χ1n) is 8.49. The van der Waals surface area contributed by atoms with Crippen molar-refractivity contribution in [2.24, 2.45) is 0 Å². The predicted octanol–water partition coefficient (Wildman–Crippen LogP) is 3.89. The molecule has 2 aromatic heterocycles. The number of amides is 1. The maximum absolute atomic E-state index is 12.7. The number of pyridine rings is 1. The van der Waals surface area contributed by atoms with Gasteiger partial charge in [0.2, 0.25) is 5.95 Å². The molecule has 0 aliphatic carbocycles. The number of aromatic nitrogens is 3. The zero-order chi connectivity index (χ0) is 19.3. The van der Waals surface area contributed by atoms with Crippen molar-refractivity contribution in [3.63, 3.8) is 0 Å². The van der Waals surface area contributed by atoms with Crippen LogP contribution in [0.5, 0.6) is 0 Å². The summed E-state index contributed by atoms with van der Waals surface area (Å²) >= 11 is 0. The second-order valence-corrected chi connectivity index (χ2v) is 5.88. The Kier molecular flexibility index (Phi) is 4.59. The van der Waals surface area contributed by atoms with Crippen LogP contribution in [0.4, 0.5) is 17.3 Å². The van der Waals surface area contributed by atoms with Crippen molar-refractivity contribution in [3.8, 4) is 6.07 Å². The molecule has 0 saturated carbocycles. The summed E-state index contributed by atoms with van der Waals surface area (Å²) in [5.74, 6) is -0.149. The molecule has 2 aromatic carbocycles. The van der Waals surface area contributed by atoms with Crippen molar-refractivity contribution in [2.45, 2.75) is 0 Å². The predicted molar refractivity (Wildman–Crippen MR) is 106 cm³/mol. The molecule has 0 bridgehead atoms. The van der Waals surface area contributed by atoms with E-state index in [1.165, 1.54) is 12.3 Å². The average Bonchev–Trinajstić information content (AvgIpc) is 2.74. The highest BCUT2D eigenvalue weighted by atomic mass is 16.1. The Bertz CT molecular complexity index is 1210. The van der Waals surface area contributed by atoms with Crippen LogP contribution in [-0.4, -0.2) is 20.9 Å². The van der Waals surface area contributed by atoms with Crippen molar-refractivity contribution in [1.82, 2.24) is 15.0 Å². The van der Waals surface area contributed by atoms with Crippen LogP contribution in [0.15, 0.2) is 73.1 Å². The van der Waals surface area contributed by atoms with Gasteiger partial charge in [0.05, 0.1) is 22.5 Å². The third kappa shape index (κ3) is 3.48. The highest BCUT2D eigenvalue weighted by Gasteiger charge is 2.12. The summed E-state index contributed by atoms with van der Waals surface area (Å²) < 4.78 is 0. The van der Waals surface area contributed by atoms with Crippen molar-refractivity contribution >= 4 is 34.1 Å². The van der Waals surface area contributed by atoms with Crippen molar-refractivity contribution in [1.29, 1.82) is 5.26 Å². The fourth-order valence-corrected chi connectivity index (χ4v) is 2.75. The number of fused-ring (bicyclic) bond motifs is 1. The largest absolute Gasteiger partial charge is 0.323 e. The lowest BCUT2D eigenvalue weighted by atomic mass is 10.2. The minimum Gasteiger partial charge on any atom is -0.323 e. The molecular weight excluding hydrogens is 352 g/mol. The van der Waals surface area contributed by atoms with E-state index in [1.807, 2.05) is 24.3 Å². The Morgan fingerprint density at radius 1 is 0.893 bits per heavy atom. The van der Waals surface area contributed by atoms with Crippen LogP contribution >= 0.6 is 0 Å². The Hall–Kier alpha value is -4.31. The molecule has 0 unspecified atom stereocenters. The number of para-hydroxylation sites is 2. The van der Waals surface area contributed by atoms with Gasteiger partial charge in [-0.3, -0.25) is 9.78 Å². The number of carbonyl (C=O) groups excluding carboxylic acids is 1. The first kappa shape index (κ1) is 17.1. The van der Waals surface area contributed by atoms with Crippen molar-refractivity contribution in [2.75, 3.05) is 10.6 Å². The van der Waals surface area contributed by atoms with Gasteiger partial charge in [-0.1, -0.05) is 30.3 Å². The molecule has 0 atom stereocenters. The van der Waals surface area contributed by atoms with Crippen LogP contribution in [0, 0.1) is 11.3 Å². The number of anilines is 3. The molecule has 0 fully saturated rings.